The summed E-state index contributed by atoms with van der Waals surface area (Å²) in [6.45, 7) is 4.69. The van der Waals surface area contributed by atoms with Gasteiger partial charge in [-0.25, -0.2) is 0 Å². The zero-order chi connectivity index (χ0) is 35.5. The molecule has 9 aromatic rings. The average molecular weight is 680 g/mol. The van der Waals surface area contributed by atoms with Crippen molar-refractivity contribution >= 4 is 39.0 Å². The number of hydrogen-bond donors (Lipinski definition) is 0. The lowest BCUT2D eigenvalue weighted by Gasteiger charge is -2.28. The van der Waals surface area contributed by atoms with Crippen molar-refractivity contribution in [3.63, 3.8) is 0 Å². The van der Waals surface area contributed by atoms with Crippen LogP contribution in [0, 0.1) is 0 Å². The van der Waals surface area contributed by atoms with E-state index in [1.807, 2.05) is 6.07 Å². The second-order valence-corrected chi connectivity index (χ2v) is 14.6. The Balaban J connectivity index is 1.10. The third-order valence-corrected chi connectivity index (χ3v) is 11.1. The Morgan fingerprint density at radius 2 is 0.925 bits per heavy atom. The fourth-order valence-corrected chi connectivity index (χ4v) is 8.34. The van der Waals surface area contributed by atoms with E-state index < -0.39 is 0 Å². The minimum atomic E-state index is -0.0962. The van der Waals surface area contributed by atoms with Crippen molar-refractivity contribution in [1.29, 1.82) is 0 Å². The Labute approximate surface area is 310 Å². The first kappa shape index (κ1) is 31.1. The maximum atomic E-state index is 6.47. The molecule has 2 nitrogen and oxygen atoms in total. The maximum absolute atomic E-state index is 6.47. The quantitative estimate of drug-likeness (QED) is 0.174. The molecule has 0 radical (unpaired) electrons. The first-order chi connectivity index (χ1) is 26.0. The lowest BCUT2D eigenvalue weighted by atomic mass is 9.82. The third kappa shape index (κ3) is 5.18. The third-order valence-electron chi connectivity index (χ3n) is 11.1. The van der Waals surface area contributed by atoms with Crippen molar-refractivity contribution in [3.05, 3.63) is 199 Å². The molecule has 0 bridgehead atoms. The number of anilines is 3. The van der Waals surface area contributed by atoms with Gasteiger partial charge in [0.25, 0.3) is 0 Å². The average Bonchev–Trinajstić information content (AvgIpc) is 3.71. The summed E-state index contributed by atoms with van der Waals surface area (Å²) in [7, 11) is 0. The van der Waals surface area contributed by atoms with Crippen LogP contribution in [-0.4, -0.2) is 0 Å². The molecule has 0 aliphatic heterocycles. The van der Waals surface area contributed by atoms with Gasteiger partial charge in [0.1, 0.15) is 11.2 Å². The molecule has 10 rings (SSSR count). The van der Waals surface area contributed by atoms with Gasteiger partial charge >= 0.3 is 0 Å². The Morgan fingerprint density at radius 1 is 0.377 bits per heavy atom. The Hall–Kier alpha value is -6.64. The van der Waals surface area contributed by atoms with Crippen molar-refractivity contribution < 1.29 is 4.42 Å². The molecule has 0 saturated heterocycles. The van der Waals surface area contributed by atoms with Crippen LogP contribution in [0.2, 0.25) is 0 Å². The molecule has 1 aliphatic carbocycles. The van der Waals surface area contributed by atoms with Gasteiger partial charge in [-0.05, 0) is 105 Å². The topological polar surface area (TPSA) is 16.4 Å². The number of hydrogen-bond acceptors (Lipinski definition) is 2. The first-order valence-electron chi connectivity index (χ1n) is 18.3. The zero-order valence-corrected chi connectivity index (χ0v) is 29.8. The molecule has 8 aromatic carbocycles. The van der Waals surface area contributed by atoms with Crippen molar-refractivity contribution in [2.75, 3.05) is 4.90 Å². The van der Waals surface area contributed by atoms with E-state index in [-0.39, 0.29) is 5.41 Å². The summed E-state index contributed by atoms with van der Waals surface area (Å²) < 4.78 is 6.47. The first-order valence-corrected chi connectivity index (χ1v) is 18.3. The fraction of sp³-hybridized carbons (Fsp3) is 0.0588. The van der Waals surface area contributed by atoms with Crippen LogP contribution in [0.4, 0.5) is 17.1 Å². The summed E-state index contributed by atoms with van der Waals surface area (Å²) in [6, 6.07) is 67.8. The number of benzene rings is 8. The highest BCUT2D eigenvalue weighted by molar-refractivity contribution is 6.11. The van der Waals surface area contributed by atoms with Crippen LogP contribution in [0.5, 0.6) is 0 Å². The van der Waals surface area contributed by atoms with Crippen molar-refractivity contribution in [2.45, 2.75) is 19.3 Å². The molecule has 2 heteroatoms. The van der Waals surface area contributed by atoms with Crippen LogP contribution < -0.4 is 4.90 Å². The molecular formula is C51H37NO. The standard InChI is InChI=1S/C51H37NO/c1-51(2)47-19-11-9-17-42(47)43-30-29-41(33-48(43)51)52(39-25-21-35(22-26-39)34-13-5-3-6-14-34)40-27-23-36(24-28-40)38-31-45(37-15-7-4-8-16-37)50-46(32-38)44-18-10-12-20-49(44)53-50/h3-33H,1-2H3. The highest BCUT2D eigenvalue weighted by atomic mass is 16.3. The molecule has 1 heterocycles. The van der Waals surface area contributed by atoms with Gasteiger partial charge in [-0.2, -0.15) is 0 Å². The Bertz CT molecular complexity index is 2780. The number of fused-ring (bicyclic) bond motifs is 6. The SMILES string of the molecule is CC1(C)c2ccccc2-c2ccc(N(c3ccc(-c4ccccc4)cc3)c3ccc(-c4cc(-c5ccccc5)c5oc6ccccc6c5c4)cc3)cc21. The molecule has 53 heavy (non-hydrogen) atoms. The molecule has 0 atom stereocenters. The molecule has 0 amide bonds. The second kappa shape index (κ2) is 12.3. The molecule has 0 spiro atoms. The van der Waals surface area contributed by atoms with Crippen molar-refractivity contribution in [3.8, 4) is 44.5 Å². The Kier molecular flexibility index (Phi) is 7.19. The molecule has 0 N–H and O–H groups in total. The normalized spacial score (nSPS) is 12.9. The summed E-state index contributed by atoms with van der Waals surface area (Å²) in [5, 5.41) is 2.26. The summed E-state index contributed by atoms with van der Waals surface area (Å²) in [6.07, 6.45) is 0. The second-order valence-electron chi connectivity index (χ2n) is 14.6. The van der Waals surface area contributed by atoms with Crippen LogP contribution >= 0.6 is 0 Å². The minimum Gasteiger partial charge on any atom is -0.455 e. The van der Waals surface area contributed by atoms with Crippen molar-refractivity contribution in [1.82, 2.24) is 0 Å². The van der Waals surface area contributed by atoms with Crippen LogP contribution in [-0.2, 0) is 5.41 Å². The fourth-order valence-electron chi connectivity index (χ4n) is 8.34. The van der Waals surface area contributed by atoms with Gasteiger partial charge in [0.15, 0.2) is 0 Å². The van der Waals surface area contributed by atoms with Gasteiger partial charge < -0.3 is 9.32 Å². The number of para-hydroxylation sites is 1. The highest BCUT2D eigenvalue weighted by Gasteiger charge is 2.35. The van der Waals surface area contributed by atoms with Gasteiger partial charge in [-0.3, -0.25) is 0 Å². The van der Waals surface area contributed by atoms with E-state index in [0.29, 0.717) is 0 Å². The lowest BCUT2D eigenvalue weighted by Crippen LogP contribution is -2.16. The predicted molar refractivity (Wildman–Crippen MR) is 222 cm³/mol. The van der Waals surface area contributed by atoms with E-state index in [4.69, 9.17) is 4.42 Å². The van der Waals surface area contributed by atoms with Crippen molar-refractivity contribution in [2.24, 2.45) is 0 Å². The lowest BCUT2D eigenvalue weighted by molar-refractivity contribution is 0.660. The van der Waals surface area contributed by atoms with Crippen LogP contribution in [0.1, 0.15) is 25.0 Å². The zero-order valence-electron chi connectivity index (χ0n) is 29.8. The van der Waals surface area contributed by atoms with Crippen LogP contribution in [0.15, 0.2) is 192 Å². The monoisotopic (exact) mass is 679 g/mol. The van der Waals surface area contributed by atoms with E-state index in [2.05, 4.69) is 201 Å². The van der Waals surface area contributed by atoms with Gasteiger partial charge in [0.05, 0.1) is 0 Å². The molecule has 0 fully saturated rings. The molecule has 0 unspecified atom stereocenters. The van der Waals surface area contributed by atoms with Crippen LogP contribution in [0.25, 0.3) is 66.4 Å². The van der Waals surface area contributed by atoms with E-state index in [1.54, 1.807) is 0 Å². The molecule has 0 saturated carbocycles. The number of nitrogens with zero attached hydrogens (tertiary/aromatic N) is 1. The number of furan rings is 1. The maximum Gasteiger partial charge on any atom is 0.143 e. The van der Waals surface area contributed by atoms with E-state index in [0.717, 1.165) is 61.3 Å². The van der Waals surface area contributed by atoms with E-state index in [9.17, 15) is 0 Å². The molecule has 1 aliphatic rings. The summed E-state index contributed by atoms with van der Waals surface area (Å²) >= 11 is 0. The van der Waals surface area contributed by atoms with Gasteiger partial charge in [0, 0.05) is 38.8 Å². The predicted octanol–water partition coefficient (Wildman–Crippen LogP) is 14.4. The van der Waals surface area contributed by atoms with E-state index in [1.165, 1.54) is 33.4 Å². The van der Waals surface area contributed by atoms with E-state index >= 15 is 0 Å². The van der Waals surface area contributed by atoms with Gasteiger partial charge in [-0.1, -0.05) is 147 Å². The molecular weight excluding hydrogens is 643 g/mol. The smallest absolute Gasteiger partial charge is 0.143 e. The Morgan fingerprint density at radius 3 is 1.64 bits per heavy atom. The largest absolute Gasteiger partial charge is 0.455 e. The molecule has 1 aromatic heterocycles. The summed E-state index contributed by atoms with van der Waals surface area (Å²) in [5.74, 6) is 0. The summed E-state index contributed by atoms with van der Waals surface area (Å²) in [4.78, 5) is 2.39. The van der Waals surface area contributed by atoms with Gasteiger partial charge in [-0.15, -0.1) is 0 Å². The van der Waals surface area contributed by atoms with Gasteiger partial charge in [0.2, 0.25) is 0 Å². The van der Waals surface area contributed by atoms with Crippen LogP contribution in [0.3, 0.4) is 0 Å². The highest BCUT2D eigenvalue weighted by Crippen LogP contribution is 2.51. The summed E-state index contributed by atoms with van der Waals surface area (Å²) in [5.41, 5.74) is 17.4. The number of rotatable bonds is 6. The minimum absolute atomic E-state index is 0.0962. The molecule has 252 valence electrons.